The molecular weight excluding hydrogens is 247 g/mol. The highest BCUT2D eigenvalue weighted by Crippen LogP contribution is 2.36. The van der Waals surface area contributed by atoms with Crippen molar-refractivity contribution in [3.8, 4) is 6.07 Å². The number of aromatic nitrogens is 1. The third-order valence-corrected chi connectivity index (χ3v) is 1.92. The van der Waals surface area contributed by atoms with E-state index >= 15 is 0 Å². The Balaban J connectivity index is 3.60. The largest absolute Gasteiger partial charge is 0.418 e. The topological polar surface area (TPSA) is 56.6 Å². The Bertz CT molecular complexity index is 512. The Morgan fingerprint density at radius 2 is 2.00 bits per heavy atom. The normalized spacial score (nSPS) is 11.6. The average Bonchev–Trinajstić information content (AvgIpc) is 2.14. The molecule has 0 amide bonds. The van der Waals surface area contributed by atoms with Gasteiger partial charge in [-0.3, -0.25) is 4.79 Å². The van der Waals surface area contributed by atoms with Crippen LogP contribution in [0.4, 0.5) is 22.0 Å². The van der Waals surface area contributed by atoms with Crippen molar-refractivity contribution < 1.29 is 22.0 Å². The van der Waals surface area contributed by atoms with Gasteiger partial charge in [-0.15, -0.1) is 0 Å². The highest BCUT2D eigenvalue weighted by Gasteiger charge is 2.39. The molecule has 0 fully saturated rings. The fourth-order valence-electron chi connectivity index (χ4n) is 1.36. The monoisotopic (exact) mass is 252 g/mol. The van der Waals surface area contributed by atoms with Gasteiger partial charge in [0.2, 0.25) is 5.56 Å². The van der Waals surface area contributed by atoms with Gasteiger partial charge in [0.25, 0.3) is 6.43 Å². The van der Waals surface area contributed by atoms with Crippen LogP contribution >= 0.6 is 0 Å². The number of hydrogen-bond donors (Lipinski definition) is 1. The molecule has 1 aromatic rings. The Labute approximate surface area is 91.5 Å². The van der Waals surface area contributed by atoms with Crippen LogP contribution in [0.5, 0.6) is 0 Å². The van der Waals surface area contributed by atoms with Gasteiger partial charge in [-0.25, -0.2) is 8.78 Å². The van der Waals surface area contributed by atoms with Crippen molar-refractivity contribution >= 4 is 0 Å². The van der Waals surface area contributed by atoms with Crippen LogP contribution in [-0.4, -0.2) is 4.98 Å². The highest BCUT2D eigenvalue weighted by atomic mass is 19.4. The van der Waals surface area contributed by atoms with E-state index in [4.69, 9.17) is 5.26 Å². The van der Waals surface area contributed by atoms with Gasteiger partial charge < -0.3 is 4.98 Å². The molecule has 0 atom stereocenters. The molecule has 0 aliphatic heterocycles. The van der Waals surface area contributed by atoms with Crippen molar-refractivity contribution in [2.45, 2.75) is 19.0 Å². The van der Waals surface area contributed by atoms with E-state index < -0.39 is 41.4 Å². The third kappa shape index (κ3) is 2.81. The fraction of sp³-hybridized carbons (Fsp3) is 0.333. The summed E-state index contributed by atoms with van der Waals surface area (Å²) in [5, 5.41) is 8.31. The quantitative estimate of drug-likeness (QED) is 0.821. The number of rotatable bonds is 2. The van der Waals surface area contributed by atoms with E-state index in [0.717, 1.165) is 0 Å². The highest BCUT2D eigenvalue weighted by molar-refractivity contribution is 5.35. The van der Waals surface area contributed by atoms with Crippen molar-refractivity contribution in [3.63, 3.8) is 0 Å². The molecule has 92 valence electrons. The van der Waals surface area contributed by atoms with Gasteiger partial charge in [0.05, 0.1) is 23.7 Å². The first kappa shape index (κ1) is 13.2. The van der Waals surface area contributed by atoms with Gasteiger partial charge in [0.15, 0.2) is 0 Å². The number of nitrogens with one attached hydrogen (secondary N) is 1. The summed E-state index contributed by atoms with van der Waals surface area (Å²) in [6.45, 7) is 0. The zero-order valence-electron chi connectivity index (χ0n) is 8.11. The summed E-state index contributed by atoms with van der Waals surface area (Å²) >= 11 is 0. The lowest BCUT2D eigenvalue weighted by atomic mass is 10.0. The summed E-state index contributed by atoms with van der Waals surface area (Å²) in [7, 11) is 0. The summed E-state index contributed by atoms with van der Waals surface area (Å²) in [5.74, 6) is 0. The maximum atomic E-state index is 12.6. The molecule has 0 bridgehead atoms. The van der Waals surface area contributed by atoms with E-state index in [-0.39, 0.29) is 0 Å². The molecular formula is C9H5F5N2O. The molecule has 0 aromatic carbocycles. The van der Waals surface area contributed by atoms with E-state index in [1.165, 1.54) is 11.1 Å². The van der Waals surface area contributed by atoms with Crippen LogP contribution in [0.2, 0.25) is 0 Å². The van der Waals surface area contributed by atoms with Gasteiger partial charge in [0.1, 0.15) is 0 Å². The Morgan fingerprint density at radius 3 is 2.41 bits per heavy atom. The molecule has 1 aromatic heterocycles. The predicted molar refractivity (Wildman–Crippen MR) is 46.3 cm³/mol. The zero-order valence-corrected chi connectivity index (χ0v) is 8.11. The van der Waals surface area contributed by atoms with E-state index in [9.17, 15) is 26.7 Å². The average molecular weight is 252 g/mol. The lowest BCUT2D eigenvalue weighted by Gasteiger charge is -2.14. The second kappa shape index (κ2) is 4.53. The molecule has 0 saturated carbocycles. The molecule has 1 rings (SSSR count). The standard InChI is InChI=1S/C9H5F5N2O/c10-8(11)7-6(9(12,13)14)4(1-2-15)3-5(17)16-7/h3,8H,1H2,(H,16,17). The Hall–Kier alpha value is -1.91. The maximum Gasteiger partial charge on any atom is 0.418 e. The molecule has 17 heavy (non-hydrogen) atoms. The number of hydrogen-bond acceptors (Lipinski definition) is 2. The van der Waals surface area contributed by atoms with Crippen LogP contribution in [0, 0.1) is 11.3 Å². The number of aromatic amines is 1. The van der Waals surface area contributed by atoms with Crippen LogP contribution in [0.15, 0.2) is 10.9 Å². The second-order valence-electron chi connectivity index (χ2n) is 3.08. The number of H-pyrrole nitrogens is 1. The van der Waals surface area contributed by atoms with Crippen molar-refractivity contribution in [1.82, 2.24) is 4.98 Å². The first-order valence-corrected chi connectivity index (χ1v) is 4.25. The summed E-state index contributed by atoms with van der Waals surface area (Å²) in [4.78, 5) is 12.3. The molecule has 0 radical (unpaired) electrons. The molecule has 0 aliphatic rings. The molecule has 0 saturated heterocycles. The van der Waals surface area contributed by atoms with E-state index in [0.29, 0.717) is 6.07 Å². The van der Waals surface area contributed by atoms with Crippen LogP contribution in [0.25, 0.3) is 0 Å². The van der Waals surface area contributed by atoms with E-state index in [1.54, 1.807) is 0 Å². The minimum Gasteiger partial charge on any atom is -0.321 e. The first-order chi connectivity index (χ1) is 7.77. The zero-order chi connectivity index (χ0) is 13.2. The molecule has 0 aliphatic carbocycles. The summed E-state index contributed by atoms with van der Waals surface area (Å²) in [6.07, 6.45) is -9.29. The number of pyridine rings is 1. The van der Waals surface area contributed by atoms with Gasteiger partial charge in [0, 0.05) is 6.07 Å². The lowest BCUT2D eigenvalue weighted by molar-refractivity contribution is -0.140. The SMILES string of the molecule is N#CCc1cc(=O)[nH]c(C(F)F)c1C(F)(F)F. The number of alkyl halides is 5. The van der Waals surface area contributed by atoms with Crippen molar-refractivity contribution in [2.24, 2.45) is 0 Å². The Kier molecular flexibility index (Phi) is 3.50. The first-order valence-electron chi connectivity index (χ1n) is 4.25. The lowest BCUT2D eigenvalue weighted by Crippen LogP contribution is -2.20. The molecule has 1 heterocycles. The summed E-state index contributed by atoms with van der Waals surface area (Å²) in [6, 6.07) is 1.89. The van der Waals surface area contributed by atoms with Gasteiger partial charge >= 0.3 is 6.18 Å². The van der Waals surface area contributed by atoms with Crippen LogP contribution < -0.4 is 5.56 Å². The molecule has 3 nitrogen and oxygen atoms in total. The number of nitrogens with zero attached hydrogens (tertiary/aromatic N) is 1. The summed E-state index contributed by atoms with van der Waals surface area (Å²) in [5.41, 5.74) is -5.00. The molecule has 0 spiro atoms. The van der Waals surface area contributed by atoms with Crippen molar-refractivity contribution in [3.05, 3.63) is 33.2 Å². The fourth-order valence-corrected chi connectivity index (χ4v) is 1.36. The van der Waals surface area contributed by atoms with Crippen molar-refractivity contribution in [1.29, 1.82) is 5.26 Å². The molecule has 1 N–H and O–H groups in total. The van der Waals surface area contributed by atoms with E-state index in [1.807, 2.05) is 0 Å². The van der Waals surface area contributed by atoms with Gasteiger partial charge in [-0.2, -0.15) is 18.4 Å². The third-order valence-electron chi connectivity index (χ3n) is 1.92. The van der Waals surface area contributed by atoms with Crippen LogP contribution in [-0.2, 0) is 12.6 Å². The Morgan fingerprint density at radius 1 is 1.41 bits per heavy atom. The van der Waals surface area contributed by atoms with Gasteiger partial charge in [-0.05, 0) is 5.56 Å². The second-order valence-corrected chi connectivity index (χ2v) is 3.08. The van der Waals surface area contributed by atoms with Crippen molar-refractivity contribution in [2.75, 3.05) is 0 Å². The van der Waals surface area contributed by atoms with Crippen LogP contribution in [0.3, 0.4) is 0 Å². The molecule has 8 heteroatoms. The van der Waals surface area contributed by atoms with Crippen LogP contribution in [0.1, 0.15) is 23.2 Å². The summed E-state index contributed by atoms with van der Waals surface area (Å²) < 4.78 is 62.5. The number of halogens is 5. The van der Waals surface area contributed by atoms with E-state index in [2.05, 4.69) is 0 Å². The van der Waals surface area contributed by atoms with Gasteiger partial charge in [-0.1, -0.05) is 0 Å². The smallest absolute Gasteiger partial charge is 0.321 e. The minimum absolute atomic E-state index is 0.498. The minimum atomic E-state index is -5.05. The number of nitriles is 1. The molecule has 0 unspecified atom stereocenters. The maximum absolute atomic E-state index is 12.6. The predicted octanol–water partition coefficient (Wildman–Crippen LogP) is 2.40.